The molecule has 2 aromatic rings. The van der Waals surface area contributed by atoms with E-state index in [1.807, 2.05) is 48.5 Å². The minimum Gasteiger partial charge on any atom is -0.480 e. The monoisotopic (exact) mass is 484 g/mol. The van der Waals surface area contributed by atoms with Crippen LogP contribution in [0, 0.1) is 0 Å². The lowest BCUT2D eigenvalue weighted by atomic mass is 9.98. The quantitative estimate of drug-likeness (QED) is 0.412. The van der Waals surface area contributed by atoms with Crippen LogP contribution in [0.2, 0.25) is 0 Å². The van der Waals surface area contributed by atoms with Gasteiger partial charge in [0, 0.05) is 19.4 Å². The Morgan fingerprint density at radius 3 is 2.06 bits per heavy atom. The smallest absolute Gasteiger partial charge is 0.407 e. The second kappa shape index (κ2) is 12.0. The molecule has 0 aromatic heterocycles. The molecule has 2 unspecified atom stereocenters. The molecule has 0 saturated heterocycles. The molecule has 10 nitrogen and oxygen atoms in total. The summed E-state index contributed by atoms with van der Waals surface area (Å²) < 4.78 is 15.0. The molecular weight excluding hydrogens is 456 g/mol. The predicted molar refractivity (Wildman–Crippen MR) is 125 cm³/mol. The number of aliphatic carboxylic acids is 1. The van der Waals surface area contributed by atoms with E-state index in [2.05, 4.69) is 15.4 Å². The molecule has 0 fully saturated rings. The third kappa shape index (κ3) is 6.36. The SMILES string of the molecule is COCC(NC(=O)OCC1c2ccccc2-c2ccccc21)C(=O)NC(CCC(=O)OC)C(=O)O. The average molecular weight is 485 g/mol. The van der Waals surface area contributed by atoms with E-state index in [0.717, 1.165) is 22.3 Å². The molecule has 35 heavy (non-hydrogen) atoms. The van der Waals surface area contributed by atoms with Crippen molar-refractivity contribution in [3.8, 4) is 11.1 Å². The standard InChI is InChI=1S/C25H28N2O8/c1-33-14-21(23(29)26-20(24(30)31)11-12-22(28)34-2)27-25(32)35-13-19-17-9-5-3-7-15(17)16-8-4-6-10-18(16)19/h3-10,19-21H,11-14H2,1-2H3,(H,26,29)(H,27,32)(H,30,31). The van der Waals surface area contributed by atoms with Gasteiger partial charge >= 0.3 is 18.0 Å². The second-order valence-corrected chi connectivity index (χ2v) is 7.99. The number of rotatable bonds is 11. The van der Waals surface area contributed by atoms with Crippen molar-refractivity contribution in [2.75, 3.05) is 27.4 Å². The normalized spacial score (nSPS) is 13.7. The predicted octanol–water partition coefficient (Wildman–Crippen LogP) is 2.06. The van der Waals surface area contributed by atoms with Crippen molar-refractivity contribution in [1.29, 1.82) is 0 Å². The molecule has 1 aliphatic rings. The van der Waals surface area contributed by atoms with Gasteiger partial charge in [-0.15, -0.1) is 0 Å². The molecule has 3 N–H and O–H groups in total. The van der Waals surface area contributed by atoms with E-state index >= 15 is 0 Å². The molecule has 2 aromatic carbocycles. The highest BCUT2D eigenvalue weighted by Gasteiger charge is 2.31. The number of carbonyl (C=O) groups is 4. The number of benzene rings is 2. The van der Waals surface area contributed by atoms with Crippen LogP contribution >= 0.6 is 0 Å². The third-order valence-electron chi connectivity index (χ3n) is 5.76. The number of ether oxygens (including phenoxy) is 3. The zero-order chi connectivity index (χ0) is 25.4. The van der Waals surface area contributed by atoms with E-state index < -0.39 is 36.0 Å². The van der Waals surface area contributed by atoms with Crippen LogP contribution in [0.1, 0.15) is 29.9 Å². The van der Waals surface area contributed by atoms with Crippen LogP contribution in [0.4, 0.5) is 4.79 Å². The highest BCUT2D eigenvalue weighted by atomic mass is 16.5. The average Bonchev–Trinajstić information content (AvgIpc) is 3.18. The molecule has 186 valence electrons. The van der Waals surface area contributed by atoms with Gasteiger partial charge in [-0.3, -0.25) is 9.59 Å². The van der Waals surface area contributed by atoms with Crippen molar-refractivity contribution in [1.82, 2.24) is 10.6 Å². The van der Waals surface area contributed by atoms with Gasteiger partial charge < -0.3 is 30.0 Å². The maximum Gasteiger partial charge on any atom is 0.407 e. The number of amides is 2. The Balaban J connectivity index is 1.61. The van der Waals surface area contributed by atoms with E-state index in [-0.39, 0.29) is 32.0 Å². The summed E-state index contributed by atoms with van der Waals surface area (Å²) in [6, 6.07) is 13.2. The first kappa shape index (κ1) is 25.7. The van der Waals surface area contributed by atoms with Crippen LogP contribution in [-0.2, 0) is 28.6 Å². The molecule has 0 heterocycles. The number of methoxy groups -OCH3 is 2. The molecule has 2 atom stereocenters. The zero-order valence-electron chi connectivity index (χ0n) is 19.5. The molecule has 0 bridgehead atoms. The Hall–Kier alpha value is -3.92. The topological polar surface area (TPSA) is 140 Å². The lowest BCUT2D eigenvalue weighted by Crippen LogP contribution is -2.53. The van der Waals surface area contributed by atoms with Gasteiger partial charge in [-0.2, -0.15) is 0 Å². The van der Waals surface area contributed by atoms with Crippen molar-refractivity contribution < 1.29 is 38.5 Å². The highest BCUT2D eigenvalue weighted by molar-refractivity contribution is 5.89. The second-order valence-electron chi connectivity index (χ2n) is 7.99. The van der Waals surface area contributed by atoms with Crippen molar-refractivity contribution >= 4 is 23.9 Å². The fraction of sp³-hybridized carbons (Fsp3) is 0.360. The van der Waals surface area contributed by atoms with E-state index in [4.69, 9.17) is 9.47 Å². The number of fused-ring (bicyclic) bond motifs is 3. The van der Waals surface area contributed by atoms with Gasteiger partial charge in [-0.1, -0.05) is 48.5 Å². The van der Waals surface area contributed by atoms with Gasteiger partial charge in [0.1, 0.15) is 18.7 Å². The van der Waals surface area contributed by atoms with Crippen molar-refractivity contribution in [3.63, 3.8) is 0 Å². The fourth-order valence-electron chi connectivity index (χ4n) is 4.03. The van der Waals surface area contributed by atoms with E-state index in [1.165, 1.54) is 14.2 Å². The summed E-state index contributed by atoms with van der Waals surface area (Å²) in [5.41, 5.74) is 4.26. The summed E-state index contributed by atoms with van der Waals surface area (Å²) in [4.78, 5) is 48.0. The molecule has 3 rings (SSSR count). The number of esters is 1. The van der Waals surface area contributed by atoms with Crippen molar-refractivity contribution in [2.24, 2.45) is 0 Å². The summed E-state index contributed by atoms with van der Waals surface area (Å²) in [5.74, 6) is -2.86. The zero-order valence-corrected chi connectivity index (χ0v) is 19.5. The highest BCUT2D eigenvalue weighted by Crippen LogP contribution is 2.44. The Morgan fingerprint density at radius 2 is 1.51 bits per heavy atom. The van der Waals surface area contributed by atoms with Gasteiger partial charge in [-0.05, 0) is 28.7 Å². The summed E-state index contributed by atoms with van der Waals surface area (Å²) in [6.07, 6.45) is -1.20. The molecule has 0 saturated carbocycles. The Morgan fingerprint density at radius 1 is 0.914 bits per heavy atom. The maximum atomic E-state index is 12.6. The van der Waals surface area contributed by atoms with Crippen LogP contribution in [0.3, 0.4) is 0 Å². The number of hydrogen-bond acceptors (Lipinski definition) is 7. The molecule has 10 heteroatoms. The van der Waals surface area contributed by atoms with Crippen LogP contribution < -0.4 is 10.6 Å². The van der Waals surface area contributed by atoms with E-state index in [9.17, 15) is 24.3 Å². The van der Waals surface area contributed by atoms with Gasteiger partial charge in [0.05, 0.1) is 13.7 Å². The number of carboxylic acid groups (broad SMARTS) is 1. The summed E-state index contributed by atoms with van der Waals surface area (Å²) in [5, 5.41) is 14.1. The van der Waals surface area contributed by atoms with Gasteiger partial charge in [-0.25, -0.2) is 9.59 Å². The first-order chi connectivity index (χ1) is 16.8. The number of nitrogens with one attached hydrogen (secondary N) is 2. The minimum absolute atomic E-state index is 0.0536. The molecule has 0 aliphatic heterocycles. The van der Waals surface area contributed by atoms with Crippen LogP contribution in [-0.4, -0.2) is 68.6 Å². The van der Waals surface area contributed by atoms with Gasteiger partial charge in [0.25, 0.3) is 0 Å². The van der Waals surface area contributed by atoms with Crippen LogP contribution in [0.25, 0.3) is 11.1 Å². The molecule has 0 radical (unpaired) electrons. The molecular formula is C25H28N2O8. The van der Waals surface area contributed by atoms with Gasteiger partial charge in [0.2, 0.25) is 5.91 Å². The van der Waals surface area contributed by atoms with E-state index in [1.54, 1.807) is 0 Å². The number of alkyl carbamates (subject to hydrolysis) is 1. The van der Waals surface area contributed by atoms with Crippen LogP contribution in [0.5, 0.6) is 0 Å². The Bertz CT molecular complexity index is 1040. The number of hydrogen-bond donors (Lipinski definition) is 3. The molecule has 1 aliphatic carbocycles. The Labute approximate surface area is 202 Å². The first-order valence-electron chi connectivity index (χ1n) is 11.1. The lowest BCUT2D eigenvalue weighted by molar-refractivity contribution is -0.144. The summed E-state index contributed by atoms with van der Waals surface area (Å²) >= 11 is 0. The Kier molecular flexibility index (Phi) is 8.80. The molecule has 2 amide bonds. The summed E-state index contributed by atoms with van der Waals surface area (Å²) in [6.45, 7) is -0.155. The number of carbonyl (C=O) groups excluding carboxylic acids is 3. The largest absolute Gasteiger partial charge is 0.480 e. The summed E-state index contributed by atoms with van der Waals surface area (Å²) in [7, 11) is 2.52. The first-order valence-corrected chi connectivity index (χ1v) is 11.1. The molecule has 0 spiro atoms. The lowest BCUT2D eigenvalue weighted by Gasteiger charge is -2.21. The van der Waals surface area contributed by atoms with Crippen LogP contribution in [0.15, 0.2) is 48.5 Å². The minimum atomic E-state index is -1.34. The maximum absolute atomic E-state index is 12.6. The van der Waals surface area contributed by atoms with Crippen molar-refractivity contribution in [3.05, 3.63) is 59.7 Å². The number of carboxylic acids is 1. The van der Waals surface area contributed by atoms with Crippen molar-refractivity contribution in [2.45, 2.75) is 30.8 Å². The van der Waals surface area contributed by atoms with E-state index in [0.29, 0.717) is 0 Å². The third-order valence-corrected chi connectivity index (χ3v) is 5.76. The van der Waals surface area contributed by atoms with Gasteiger partial charge in [0.15, 0.2) is 0 Å². The fourth-order valence-corrected chi connectivity index (χ4v) is 4.03.